The van der Waals surface area contributed by atoms with Crippen molar-refractivity contribution in [1.29, 1.82) is 0 Å². The van der Waals surface area contributed by atoms with E-state index in [0.29, 0.717) is 0 Å². The molecule has 0 saturated heterocycles. The zero-order valence-electron chi connectivity index (χ0n) is 14.4. The molecule has 0 saturated carbocycles. The lowest BCUT2D eigenvalue weighted by atomic mass is 9.94. The summed E-state index contributed by atoms with van der Waals surface area (Å²) in [7, 11) is 0. The average Bonchev–Trinajstić information content (AvgIpc) is 3.09. The van der Waals surface area contributed by atoms with Gasteiger partial charge in [0.25, 0.3) is 0 Å². The molecule has 1 heteroatoms. The van der Waals surface area contributed by atoms with Crippen LogP contribution >= 0.6 is 0 Å². The highest BCUT2D eigenvalue weighted by Crippen LogP contribution is 2.43. The second-order valence-electron chi connectivity index (χ2n) is 6.83. The van der Waals surface area contributed by atoms with Crippen LogP contribution in [0, 0.1) is 0 Å². The van der Waals surface area contributed by atoms with Gasteiger partial charge in [-0.25, -0.2) is 0 Å². The topological polar surface area (TPSA) is 26.0 Å². The number of fused-ring (bicyclic) bond motifs is 3. The second-order valence-corrected chi connectivity index (χ2v) is 6.83. The molecule has 4 aromatic carbocycles. The predicted molar refractivity (Wildman–Crippen MR) is 110 cm³/mol. The summed E-state index contributed by atoms with van der Waals surface area (Å²) >= 11 is 0. The van der Waals surface area contributed by atoms with Crippen molar-refractivity contribution in [3.05, 3.63) is 102 Å². The molecular weight excluding hydrogens is 314 g/mol. The van der Waals surface area contributed by atoms with Gasteiger partial charge in [0.2, 0.25) is 0 Å². The van der Waals surface area contributed by atoms with E-state index in [0.717, 1.165) is 17.7 Å². The number of benzene rings is 4. The standard InChI is InChI=1S/C25H19N/c26-25-22(13-14-23-21-12-5-4-9-20(21)16-24(23)25)19-11-6-10-18(15-19)17-7-2-1-3-8-17/h1-15H,16,26H2. The van der Waals surface area contributed by atoms with Crippen LogP contribution in [-0.4, -0.2) is 0 Å². The summed E-state index contributed by atoms with van der Waals surface area (Å²) in [5.74, 6) is 0. The summed E-state index contributed by atoms with van der Waals surface area (Å²) in [5, 5.41) is 0. The molecule has 1 nitrogen and oxygen atoms in total. The Balaban J connectivity index is 1.62. The summed E-state index contributed by atoms with van der Waals surface area (Å²) < 4.78 is 0. The minimum atomic E-state index is 0.906. The maximum absolute atomic E-state index is 6.63. The van der Waals surface area contributed by atoms with Crippen LogP contribution in [0.15, 0.2) is 91.0 Å². The lowest BCUT2D eigenvalue weighted by Crippen LogP contribution is -1.96. The molecule has 0 spiro atoms. The molecule has 26 heavy (non-hydrogen) atoms. The quantitative estimate of drug-likeness (QED) is 0.384. The molecule has 0 fully saturated rings. The summed E-state index contributed by atoms with van der Waals surface area (Å²) in [6, 6.07) is 32.1. The van der Waals surface area contributed by atoms with E-state index in [1.165, 1.54) is 38.9 Å². The van der Waals surface area contributed by atoms with Crippen LogP contribution in [0.25, 0.3) is 33.4 Å². The number of hydrogen-bond donors (Lipinski definition) is 1. The van der Waals surface area contributed by atoms with Crippen molar-refractivity contribution in [2.75, 3.05) is 5.73 Å². The average molecular weight is 333 g/mol. The Bertz CT molecular complexity index is 1110. The van der Waals surface area contributed by atoms with Crippen LogP contribution in [0.5, 0.6) is 0 Å². The van der Waals surface area contributed by atoms with Gasteiger partial charge in [-0.15, -0.1) is 0 Å². The molecule has 0 bridgehead atoms. The third-order valence-corrected chi connectivity index (χ3v) is 5.31. The Hall–Kier alpha value is -3.32. The lowest BCUT2D eigenvalue weighted by Gasteiger charge is -2.12. The van der Waals surface area contributed by atoms with Gasteiger partial charge in [-0.2, -0.15) is 0 Å². The molecule has 0 heterocycles. The van der Waals surface area contributed by atoms with E-state index >= 15 is 0 Å². The molecule has 124 valence electrons. The Morgan fingerprint density at radius 3 is 2.12 bits per heavy atom. The summed E-state index contributed by atoms with van der Waals surface area (Å²) in [4.78, 5) is 0. The van der Waals surface area contributed by atoms with E-state index in [1.807, 2.05) is 6.07 Å². The van der Waals surface area contributed by atoms with Gasteiger partial charge in [0.15, 0.2) is 0 Å². The van der Waals surface area contributed by atoms with Crippen molar-refractivity contribution in [3.8, 4) is 33.4 Å². The highest BCUT2D eigenvalue weighted by molar-refractivity contribution is 5.90. The van der Waals surface area contributed by atoms with E-state index in [1.54, 1.807) is 0 Å². The zero-order valence-corrected chi connectivity index (χ0v) is 14.4. The van der Waals surface area contributed by atoms with Gasteiger partial charge in [0, 0.05) is 17.7 Å². The van der Waals surface area contributed by atoms with Gasteiger partial charge in [-0.05, 0) is 45.0 Å². The van der Waals surface area contributed by atoms with E-state index in [-0.39, 0.29) is 0 Å². The maximum atomic E-state index is 6.63. The molecule has 0 aliphatic heterocycles. The third-order valence-electron chi connectivity index (χ3n) is 5.31. The normalized spacial score (nSPS) is 11.8. The van der Waals surface area contributed by atoms with Crippen LogP contribution < -0.4 is 5.73 Å². The fraction of sp³-hybridized carbons (Fsp3) is 0.0400. The molecule has 1 aliphatic rings. The van der Waals surface area contributed by atoms with Crippen LogP contribution in [0.4, 0.5) is 5.69 Å². The number of nitrogens with two attached hydrogens (primary N) is 1. The molecule has 1 aliphatic carbocycles. The molecule has 5 rings (SSSR count). The molecule has 0 radical (unpaired) electrons. The largest absolute Gasteiger partial charge is 0.398 e. The molecule has 0 atom stereocenters. The monoisotopic (exact) mass is 333 g/mol. The van der Waals surface area contributed by atoms with Gasteiger partial charge in [-0.3, -0.25) is 0 Å². The van der Waals surface area contributed by atoms with Crippen molar-refractivity contribution in [3.63, 3.8) is 0 Å². The van der Waals surface area contributed by atoms with E-state index in [9.17, 15) is 0 Å². The molecule has 0 unspecified atom stereocenters. The first-order valence-electron chi connectivity index (χ1n) is 8.97. The van der Waals surface area contributed by atoms with E-state index in [4.69, 9.17) is 5.73 Å². The van der Waals surface area contributed by atoms with Crippen molar-refractivity contribution >= 4 is 5.69 Å². The zero-order chi connectivity index (χ0) is 17.5. The van der Waals surface area contributed by atoms with Gasteiger partial charge in [-0.1, -0.05) is 84.9 Å². The minimum Gasteiger partial charge on any atom is -0.398 e. The molecule has 2 N–H and O–H groups in total. The van der Waals surface area contributed by atoms with Crippen molar-refractivity contribution in [1.82, 2.24) is 0 Å². The Labute approximate surface area is 153 Å². The summed E-state index contributed by atoms with van der Waals surface area (Å²) in [5.41, 5.74) is 17.5. The SMILES string of the molecule is Nc1c(-c2cccc(-c3ccccc3)c2)ccc2c1Cc1ccccc1-2. The fourth-order valence-electron chi connectivity index (χ4n) is 3.98. The Kier molecular flexibility index (Phi) is 3.39. The maximum Gasteiger partial charge on any atom is 0.0435 e. The molecular formula is C25H19N. The number of nitrogen functional groups attached to an aromatic ring is 1. The fourth-order valence-corrected chi connectivity index (χ4v) is 3.98. The highest BCUT2D eigenvalue weighted by atomic mass is 14.6. The van der Waals surface area contributed by atoms with Crippen molar-refractivity contribution in [2.45, 2.75) is 6.42 Å². The first-order chi connectivity index (χ1) is 12.8. The van der Waals surface area contributed by atoms with Crippen LogP contribution in [0.3, 0.4) is 0 Å². The van der Waals surface area contributed by atoms with E-state index < -0.39 is 0 Å². The van der Waals surface area contributed by atoms with E-state index in [2.05, 4.69) is 84.9 Å². The van der Waals surface area contributed by atoms with Crippen LogP contribution in [0.2, 0.25) is 0 Å². The van der Waals surface area contributed by atoms with Crippen LogP contribution in [0.1, 0.15) is 11.1 Å². The van der Waals surface area contributed by atoms with Crippen LogP contribution in [-0.2, 0) is 6.42 Å². The number of hydrogen-bond acceptors (Lipinski definition) is 1. The predicted octanol–water partition coefficient (Wildman–Crippen LogP) is 6.17. The first kappa shape index (κ1) is 15.0. The second kappa shape index (κ2) is 5.89. The summed E-state index contributed by atoms with van der Waals surface area (Å²) in [6.45, 7) is 0. The molecule has 0 aromatic heterocycles. The van der Waals surface area contributed by atoms with Gasteiger partial charge in [0.05, 0.1) is 0 Å². The highest BCUT2D eigenvalue weighted by Gasteiger charge is 2.21. The number of anilines is 1. The van der Waals surface area contributed by atoms with Gasteiger partial charge >= 0.3 is 0 Å². The minimum absolute atomic E-state index is 0.906. The number of rotatable bonds is 2. The molecule has 0 amide bonds. The first-order valence-corrected chi connectivity index (χ1v) is 8.97. The van der Waals surface area contributed by atoms with Gasteiger partial charge in [0.1, 0.15) is 0 Å². The lowest BCUT2D eigenvalue weighted by molar-refractivity contribution is 1.27. The van der Waals surface area contributed by atoms with Crippen molar-refractivity contribution in [2.24, 2.45) is 0 Å². The Morgan fingerprint density at radius 2 is 1.23 bits per heavy atom. The summed E-state index contributed by atoms with van der Waals surface area (Å²) in [6.07, 6.45) is 0.920. The third kappa shape index (κ3) is 2.33. The smallest absolute Gasteiger partial charge is 0.0435 e. The molecule has 4 aromatic rings. The Morgan fingerprint density at radius 1 is 0.538 bits per heavy atom. The van der Waals surface area contributed by atoms with Gasteiger partial charge < -0.3 is 5.73 Å². The van der Waals surface area contributed by atoms with Crippen molar-refractivity contribution < 1.29 is 0 Å².